The van der Waals surface area contributed by atoms with Gasteiger partial charge in [-0.05, 0) is 24.5 Å². The summed E-state index contributed by atoms with van der Waals surface area (Å²) in [6.45, 7) is 2.08. The van der Waals surface area contributed by atoms with Crippen molar-refractivity contribution < 1.29 is 18.3 Å². The molecule has 78 valence electrons. The number of hydrogen-bond donors (Lipinski definition) is 1. The minimum atomic E-state index is -2.79. The summed E-state index contributed by atoms with van der Waals surface area (Å²) in [5, 5.41) is 9.04. The number of aliphatic hydroxyl groups excluding tert-OH is 1. The van der Waals surface area contributed by atoms with E-state index in [0.717, 1.165) is 6.42 Å². The first kappa shape index (κ1) is 9.65. The van der Waals surface area contributed by atoms with Crippen LogP contribution in [-0.2, 0) is 0 Å². The first-order chi connectivity index (χ1) is 6.59. The normalized spacial score (nSPS) is 28.1. The van der Waals surface area contributed by atoms with Crippen LogP contribution in [0, 0.1) is 5.92 Å². The lowest BCUT2D eigenvalue weighted by molar-refractivity contribution is -0.0181. The fourth-order valence-corrected chi connectivity index (χ4v) is 1.57. The van der Waals surface area contributed by atoms with E-state index in [1.165, 1.54) is 6.07 Å². The van der Waals surface area contributed by atoms with E-state index >= 15 is 0 Å². The molecule has 14 heavy (non-hydrogen) atoms. The molecule has 1 aromatic rings. The average molecular weight is 202 g/mol. The second kappa shape index (κ2) is 3.35. The molecule has 1 saturated carbocycles. The van der Waals surface area contributed by atoms with Crippen LogP contribution in [0.15, 0.2) is 16.5 Å². The lowest BCUT2D eigenvalue weighted by Crippen LogP contribution is -2.06. The first-order valence-electron chi connectivity index (χ1n) is 4.65. The standard InChI is InChI=1S/C10H12F2O2/c1-5-4-6(5)7-2-3-8(14-7)9(13)10(11)12/h2-3,5-6,9-10,13H,4H2,1H3. The van der Waals surface area contributed by atoms with Crippen molar-refractivity contribution in [2.45, 2.75) is 31.8 Å². The summed E-state index contributed by atoms with van der Waals surface area (Å²) in [6, 6.07) is 3.10. The zero-order valence-electron chi connectivity index (χ0n) is 7.78. The molecule has 0 aromatic carbocycles. The van der Waals surface area contributed by atoms with Gasteiger partial charge in [0.15, 0.2) is 6.10 Å². The van der Waals surface area contributed by atoms with Crippen LogP contribution >= 0.6 is 0 Å². The van der Waals surface area contributed by atoms with Crippen molar-refractivity contribution in [3.63, 3.8) is 0 Å². The molecule has 1 aliphatic carbocycles. The van der Waals surface area contributed by atoms with E-state index in [1.807, 2.05) is 0 Å². The molecule has 2 nitrogen and oxygen atoms in total. The molecule has 0 aliphatic heterocycles. The molecule has 0 radical (unpaired) electrons. The zero-order valence-corrected chi connectivity index (χ0v) is 7.78. The summed E-state index contributed by atoms with van der Waals surface area (Å²) < 4.78 is 29.4. The molecule has 1 aliphatic rings. The van der Waals surface area contributed by atoms with Crippen LogP contribution in [0.2, 0.25) is 0 Å². The zero-order chi connectivity index (χ0) is 10.3. The number of alkyl halides is 2. The molecule has 0 spiro atoms. The van der Waals surface area contributed by atoms with Crippen molar-refractivity contribution in [1.82, 2.24) is 0 Å². The Bertz CT molecular complexity index is 322. The minimum Gasteiger partial charge on any atom is -0.463 e. The minimum absolute atomic E-state index is 0.0332. The average Bonchev–Trinajstić information content (AvgIpc) is 2.67. The summed E-state index contributed by atoms with van der Waals surface area (Å²) in [4.78, 5) is 0. The first-order valence-corrected chi connectivity index (χ1v) is 4.65. The van der Waals surface area contributed by atoms with Crippen LogP contribution < -0.4 is 0 Å². The fraction of sp³-hybridized carbons (Fsp3) is 0.600. The molecule has 1 fully saturated rings. The Kier molecular flexibility index (Phi) is 2.31. The highest BCUT2D eigenvalue weighted by Crippen LogP contribution is 2.47. The maximum Gasteiger partial charge on any atom is 0.271 e. The maximum absolute atomic E-state index is 12.1. The summed E-state index contributed by atoms with van der Waals surface area (Å²) in [6.07, 6.45) is -3.54. The van der Waals surface area contributed by atoms with E-state index < -0.39 is 12.5 Å². The third kappa shape index (κ3) is 1.66. The Labute approximate surface area is 80.5 Å². The van der Waals surface area contributed by atoms with Gasteiger partial charge in [0.05, 0.1) is 0 Å². The van der Waals surface area contributed by atoms with Gasteiger partial charge in [0.1, 0.15) is 11.5 Å². The molecular weight excluding hydrogens is 190 g/mol. The quantitative estimate of drug-likeness (QED) is 0.817. The van der Waals surface area contributed by atoms with Gasteiger partial charge in [-0.3, -0.25) is 0 Å². The highest BCUT2D eigenvalue weighted by molar-refractivity contribution is 5.18. The SMILES string of the molecule is CC1CC1c1ccc(C(O)C(F)F)o1. The topological polar surface area (TPSA) is 33.4 Å². The Morgan fingerprint density at radius 3 is 2.64 bits per heavy atom. The number of rotatable bonds is 3. The molecule has 1 heterocycles. The Balaban J connectivity index is 2.10. The van der Waals surface area contributed by atoms with E-state index in [1.54, 1.807) is 6.07 Å². The van der Waals surface area contributed by atoms with Gasteiger partial charge in [-0.2, -0.15) is 0 Å². The largest absolute Gasteiger partial charge is 0.463 e. The lowest BCUT2D eigenvalue weighted by atomic mass is 10.2. The highest BCUT2D eigenvalue weighted by atomic mass is 19.3. The number of hydrogen-bond acceptors (Lipinski definition) is 2. The van der Waals surface area contributed by atoms with E-state index in [2.05, 4.69) is 6.92 Å². The van der Waals surface area contributed by atoms with Gasteiger partial charge in [0.25, 0.3) is 6.43 Å². The van der Waals surface area contributed by atoms with E-state index in [9.17, 15) is 8.78 Å². The predicted octanol–water partition coefficient (Wildman–Crippen LogP) is 2.70. The molecule has 1 N–H and O–H groups in total. The van der Waals surface area contributed by atoms with Crippen LogP contribution in [0.4, 0.5) is 8.78 Å². The van der Waals surface area contributed by atoms with Crippen molar-refractivity contribution in [2.75, 3.05) is 0 Å². The van der Waals surface area contributed by atoms with E-state index in [0.29, 0.717) is 17.6 Å². The van der Waals surface area contributed by atoms with Gasteiger partial charge in [-0.15, -0.1) is 0 Å². The molecule has 4 heteroatoms. The Morgan fingerprint density at radius 2 is 2.14 bits per heavy atom. The summed E-state index contributed by atoms with van der Waals surface area (Å²) in [7, 11) is 0. The number of aliphatic hydroxyl groups is 1. The fourth-order valence-electron chi connectivity index (χ4n) is 1.57. The van der Waals surface area contributed by atoms with Crippen LogP contribution in [0.5, 0.6) is 0 Å². The van der Waals surface area contributed by atoms with Gasteiger partial charge < -0.3 is 9.52 Å². The van der Waals surface area contributed by atoms with E-state index in [-0.39, 0.29) is 5.76 Å². The van der Waals surface area contributed by atoms with Crippen molar-refractivity contribution in [3.05, 3.63) is 23.7 Å². The third-order valence-electron chi connectivity index (χ3n) is 2.65. The van der Waals surface area contributed by atoms with Gasteiger partial charge in [-0.25, -0.2) is 8.78 Å². The van der Waals surface area contributed by atoms with Crippen molar-refractivity contribution >= 4 is 0 Å². The summed E-state index contributed by atoms with van der Waals surface area (Å²) >= 11 is 0. The van der Waals surface area contributed by atoms with Gasteiger partial charge in [0.2, 0.25) is 0 Å². The summed E-state index contributed by atoms with van der Waals surface area (Å²) in [5.41, 5.74) is 0. The van der Waals surface area contributed by atoms with Crippen LogP contribution in [0.25, 0.3) is 0 Å². The number of furan rings is 1. The highest BCUT2D eigenvalue weighted by Gasteiger charge is 2.37. The third-order valence-corrected chi connectivity index (χ3v) is 2.65. The smallest absolute Gasteiger partial charge is 0.271 e. The second-order valence-electron chi connectivity index (χ2n) is 3.84. The van der Waals surface area contributed by atoms with Gasteiger partial charge in [0, 0.05) is 5.92 Å². The Morgan fingerprint density at radius 1 is 1.50 bits per heavy atom. The molecule has 1 aromatic heterocycles. The van der Waals surface area contributed by atoms with Crippen molar-refractivity contribution in [1.29, 1.82) is 0 Å². The Hall–Kier alpha value is -0.900. The number of halogens is 2. The predicted molar refractivity (Wildman–Crippen MR) is 46.2 cm³/mol. The molecule has 0 bridgehead atoms. The van der Waals surface area contributed by atoms with E-state index in [4.69, 9.17) is 9.52 Å². The van der Waals surface area contributed by atoms with Gasteiger partial charge in [-0.1, -0.05) is 6.92 Å². The van der Waals surface area contributed by atoms with Gasteiger partial charge >= 0.3 is 0 Å². The second-order valence-corrected chi connectivity index (χ2v) is 3.84. The van der Waals surface area contributed by atoms with Crippen molar-refractivity contribution in [3.8, 4) is 0 Å². The molecule has 0 saturated heterocycles. The maximum atomic E-state index is 12.1. The molecule has 3 unspecified atom stereocenters. The summed E-state index contributed by atoms with van der Waals surface area (Å²) in [5.74, 6) is 1.60. The lowest BCUT2D eigenvalue weighted by Gasteiger charge is -2.04. The van der Waals surface area contributed by atoms with Crippen LogP contribution in [0.3, 0.4) is 0 Å². The van der Waals surface area contributed by atoms with Crippen LogP contribution in [0.1, 0.15) is 36.9 Å². The molecule has 2 rings (SSSR count). The molecular formula is C10H12F2O2. The van der Waals surface area contributed by atoms with Crippen LogP contribution in [-0.4, -0.2) is 11.5 Å². The van der Waals surface area contributed by atoms with Crippen molar-refractivity contribution in [2.24, 2.45) is 5.92 Å². The molecule has 3 atom stereocenters. The monoisotopic (exact) mass is 202 g/mol. The molecule has 0 amide bonds.